The molecule has 2 rings (SSSR count). The number of benzene rings is 1. The Balaban J connectivity index is 2.20. The maximum atomic E-state index is 12.3. The lowest BCUT2D eigenvalue weighted by molar-refractivity contribution is -0.135. The maximum absolute atomic E-state index is 12.3. The van der Waals surface area contributed by atoms with Crippen LogP contribution in [0.2, 0.25) is 0 Å². The van der Waals surface area contributed by atoms with Gasteiger partial charge in [0, 0.05) is 32.3 Å². The van der Waals surface area contributed by atoms with Gasteiger partial charge in [-0.2, -0.15) is 0 Å². The second-order valence-corrected chi connectivity index (χ2v) is 4.79. The summed E-state index contributed by atoms with van der Waals surface area (Å²) < 4.78 is 10.4. The van der Waals surface area contributed by atoms with Crippen LogP contribution in [0.25, 0.3) is 0 Å². The molecule has 0 aromatic heterocycles. The van der Waals surface area contributed by atoms with Gasteiger partial charge in [-0.3, -0.25) is 4.79 Å². The van der Waals surface area contributed by atoms with E-state index in [1.807, 2.05) is 29.2 Å². The normalized spacial score (nSPS) is 18.9. The highest BCUT2D eigenvalue weighted by molar-refractivity contribution is 5.77. The molecule has 1 aromatic rings. The molecule has 1 aromatic carbocycles. The van der Waals surface area contributed by atoms with Gasteiger partial charge in [-0.1, -0.05) is 18.2 Å². The number of amides is 1. The van der Waals surface area contributed by atoms with Gasteiger partial charge in [-0.25, -0.2) is 0 Å². The smallest absolute Gasteiger partial charge is 0.225 e. The topological polar surface area (TPSA) is 50.8 Å². The lowest BCUT2D eigenvalue weighted by Gasteiger charge is -2.37. The van der Waals surface area contributed by atoms with E-state index in [1.54, 1.807) is 14.2 Å². The predicted molar refractivity (Wildman–Crippen MR) is 76.8 cm³/mol. The third-order valence-electron chi connectivity index (χ3n) is 3.58. The summed E-state index contributed by atoms with van der Waals surface area (Å²) in [5, 5.41) is 3.34. The minimum Gasteiger partial charge on any atom is -0.496 e. The Morgan fingerprint density at radius 1 is 1.40 bits per heavy atom. The summed E-state index contributed by atoms with van der Waals surface area (Å²) in [5.74, 6) is 0.954. The van der Waals surface area contributed by atoms with Gasteiger partial charge < -0.3 is 19.7 Å². The van der Waals surface area contributed by atoms with Crippen LogP contribution in [0.3, 0.4) is 0 Å². The van der Waals surface area contributed by atoms with Crippen molar-refractivity contribution in [3.05, 3.63) is 29.8 Å². The number of piperazine rings is 1. The van der Waals surface area contributed by atoms with Gasteiger partial charge in [0.2, 0.25) is 5.91 Å². The Labute approximate surface area is 119 Å². The molecule has 1 aliphatic rings. The summed E-state index contributed by atoms with van der Waals surface area (Å²) >= 11 is 0. The van der Waals surface area contributed by atoms with Gasteiger partial charge in [0.25, 0.3) is 0 Å². The van der Waals surface area contributed by atoms with Crippen molar-refractivity contribution in [3.8, 4) is 5.75 Å². The van der Waals surface area contributed by atoms with Crippen LogP contribution in [-0.4, -0.2) is 51.3 Å². The van der Waals surface area contributed by atoms with Gasteiger partial charge in [-0.05, 0) is 6.07 Å². The molecule has 1 unspecified atom stereocenters. The summed E-state index contributed by atoms with van der Waals surface area (Å²) in [5.41, 5.74) is 1.05. The van der Waals surface area contributed by atoms with Crippen molar-refractivity contribution in [2.75, 3.05) is 40.5 Å². The number of ether oxygens (including phenoxy) is 2. The molecule has 1 heterocycles. The van der Waals surface area contributed by atoms with E-state index in [2.05, 4.69) is 5.32 Å². The average Bonchev–Trinajstić information content (AvgIpc) is 2.52. The molecule has 0 radical (unpaired) electrons. The molecule has 0 bridgehead atoms. The van der Waals surface area contributed by atoms with E-state index in [1.165, 1.54) is 0 Å². The van der Waals surface area contributed by atoms with E-state index in [0.717, 1.165) is 24.4 Å². The van der Waals surface area contributed by atoms with E-state index in [4.69, 9.17) is 9.47 Å². The molecule has 0 aliphatic carbocycles. The maximum Gasteiger partial charge on any atom is 0.225 e. The molecule has 0 spiro atoms. The third kappa shape index (κ3) is 3.29. The summed E-state index contributed by atoms with van der Waals surface area (Å²) in [6.07, 6.45) is 0.419. The lowest BCUT2D eigenvalue weighted by atomic mass is 10.0. The van der Waals surface area contributed by atoms with Crippen molar-refractivity contribution < 1.29 is 14.3 Å². The van der Waals surface area contributed by atoms with Crippen LogP contribution in [0.1, 0.15) is 18.0 Å². The van der Waals surface area contributed by atoms with E-state index in [9.17, 15) is 4.79 Å². The van der Waals surface area contributed by atoms with Crippen molar-refractivity contribution in [2.45, 2.75) is 12.5 Å². The van der Waals surface area contributed by atoms with Crippen LogP contribution in [0, 0.1) is 0 Å². The standard InChI is InChI=1S/C15H22N2O3/c1-19-10-7-15(18)17-9-8-16-11-13(17)12-5-3-4-6-14(12)20-2/h3-6,13,16H,7-11H2,1-2H3. The van der Waals surface area contributed by atoms with Crippen LogP contribution >= 0.6 is 0 Å². The molecule has 1 saturated heterocycles. The molecule has 1 aliphatic heterocycles. The number of nitrogens with zero attached hydrogens (tertiary/aromatic N) is 1. The van der Waals surface area contributed by atoms with Gasteiger partial charge in [0.05, 0.1) is 26.2 Å². The highest BCUT2D eigenvalue weighted by Crippen LogP contribution is 2.30. The zero-order valence-electron chi connectivity index (χ0n) is 12.1. The Kier molecular flexibility index (Phi) is 5.38. The number of carbonyl (C=O) groups is 1. The number of para-hydroxylation sites is 1. The summed E-state index contributed by atoms with van der Waals surface area (Å²) in [7, 11) is 3.27. The molecule has 5 nitrogen and oxygen atoms in total. The lowest BCUT2D eigenvalue weighted by Crippen LogP contribution is -2.49. The molecule has 1 amide bonds. The Morgan fingerprint density at radius 2 is 2.20 bits per heavy atom. The first-order valence-electron chi connectivity index (χ1n) is 6.90. The Morgan fingerprint density at radius 3 is 2.95 bits per heavy atom. The molecule has 1 N–H and O–H groups in total. The van der Waals surface area contributed by atoms with Crippen molar-refractivity contribution in [1.82, 2.24) is 10.2 Å². The first-order chi connectivity index (χ1) is 9.77. The highest BCUT2D eigenvalue weighted by Gasteiger charge is 2.29. The van der Waals surface area contributed by atoms with Crippen LogP contribution < -0.4 is 10.1 Å². The molecule has 0 saturated carbocycles. The number of methoxy groups -OCH3 is 2. The minimum atomic E-state index is 0.0178. The first-order valence-corrected chi connectivity index (χ1v) is 6.90. The SMILES string of the molecule is COCCC(=O)N1CCNCC1c1ccccc1OC. The van der Waals surface area contributed by atoms with Crippen LogP contribution in [-0.2, 0) is 9.53 Å². The van der Waals surface area contributed by atoms with E-state index in [0.29, 0.717) is 19.6 Å². The number of hydrogen-bond donors (Lipinski definition) is 1. The van der Waals surface area contributed by atoms with Crippen LogP contribution in [0.4, 0.5) is 0 Å². The Hall–Kier alpha value is -1.59. The zero-order valence-corrected chi connectivity index (χ0v) is 12.1. The predicted octanol–water partition coefficient (Wildman–Crippen LogP) is 1.20. The average molecular weight is 278 g/mol. The third-order valence-corrected chi connectivity index (χ3v) is 3.58. The summed E-state index contributed by atoms with van der Waals surface area (Å²) in [6, 6.07) is 7.89. The highest BCUT2D eigenvalue weighted by atomic mass is 16.5. The molecular formula is C15H22N2O3. The second-order valence-electron chi connectivity index (χ2n) is 4.79. The second kappa shape index (κ2) is 7.26. The van der Waals surface area contributed by atoms with Crippen molar-refractivity contribution in [2.24, 2.45) is 0 Å². The largest absolute Gasteiger partial charge is 0.496 e. The fraction of sp³-hybridized carbons (Fsp3) is 0.533. The van der Waals surface area contributed by atoms with Gasteiger partial charge in [0.15, 0.2) is 0 Å². The molecule has 20 heavy (non-hydrogen) atoms. The van der Waals surface area contributed by atoms with Crippen LogP contribution in [0.15, 0.2) is 24.3 Å². The molecule has 1 atom stereocenters. The molecule has 5 heteroatoms. The quantitative estimate of drug-likeness (QED) is 0.879. The van der Waals surface area contributed by atoms with Crippen LogP contribution in [0.5, 0.6) is 5.75 Å². The number of nitrogens with one attached hydrogen (secondary N) is 1. The number of carbonyl (C=O) groups excluding carboxylic acids is 1. The van der Waals surface area contributed by atoms with Crippen molar-refractivity contribution >= 4 is 5.91 Å². The molecule has 1 fully saturated rings. The monoisotopic (exact) mass is 278 g/mol. The Bertz CT molecular complexity index is 450. The van der Waals surface area contributed by atoms with Gasteiger partial charge in [0.1, 0.15) is 5.75 Å². The van der Waals surface area contributed by atoms with Gasteiger partial charge >= 0.3 is 0 Å². The number of hydrogen-bond acceptors (Lipinski definition) is 4. The minimum absolute atomic E-state index is 0.0178. The fourth-order valence-electron chi connectivity index (χ4n) is 2.56. The van der Waals surface area contributed by atoms with Crippen molar-refractivity contribution in [3.63, 3.8) is 0 Å². The van der Waals surface area contributed by atoms with E-state index < -0.39 is 0 Å². The molecular weight excluding hydrogens is 256 g/mol. The van der Waals surface area contributed by atoms with E-state index >= 15 is 0 Å². The number of rotatable bonds is 5. The summed E-state index contributed by atoms with van der Waals surface area (Å²) in [4.78, 5) is 14.2. The first kappa shape index (κ1) is 14.8. The molecule has 110 valence electrons. The van der Waals surface area contributed by atoms with Crippen molar-refractivity contribution in [1.29, 1.82) is 0 Å². The zero-order chi connectivity index (χ0) is 14.4. The fourth-order valence-corrected chi connectivity index (χ4v) is 2.56. The summed E-state index contributed by atoms with van der Waals surface area (Å²) in [6.45, 7) is 2.75. The van der Waals surface area contributed by atoms with Gasteiger partial charge in [-0.15, -0.1) is 0 Å². The van der Waals surface area contributed by atoms with E-state index in [-0.39, 0.29) is 11.9 Å².